The highest BCUT2D eigenvalue weighted by molar-refractivity contribution is 8.00. The first kappa shape index (κ1) is 19.8. The number of carbonyl (C=O) groups excluding carboxylic acids is 2. The fourth-order valence-corrected chi connectivity index (χ4v) is 3.94. The second-order valence-electron chi connectivity index (χ2n) is 6.29. The van der Waals surface area contributed by atoms with Gasteiger partial charge in [0.25, 0.3) is 5.91 Å². The SMILES string of the molecule is C[C@H]1CCN(C(=O)COC(=O)COc2ccccc2C#N)c2ccccc2S1. The number of hydrogen-bond donors (Lipinski definition) is 0. The van der Waals surface area contributed by atoms with Gasteiger partial charge in [0.15, 0.2) is 13.2 Å². The molecule has 1 amide bonds. The summed E-state index contributed by atoms with van der Waals surface area (Å²) in [5.41, 5.74) is 1.18. The fourth-order valence-electron chi connectivity index (χ4n) is 2.83. The molecule has 0 saturated carbocycles. The zero-order valence-electron chi connectivity index (χ0n) is 15.5. The van der Waals surface area contributed by atoms with Crippen molar-refractivity contribution in [1.82, 2.24) is 0 Å². The number of fused-ring (bicyclic) bond motifs is 1. The molecule has 2 aromatic carbocycles. The Labute approximate surface area is 168 Å². The van der Waals surface area contributed by atoms with Crippen LogP contribution in [-0.2, 0) is 14.3 Å². The van der Waals surface area contributed by atoms with Crippen molar-refractivity contribution < 1.29 is 19.1 Å². The van der Waals surface area contributed by atoms with Gasteiger partial charge < -0.3 is 14.4 Å². The van der Waals surface area contributed by atoms with E-state index in [1.165, 1.54) is 0 Å². The van der Waals surface area contributed by atoms with E-state index < -0.39 is 5.97 Å². The Kier molecular flexibility index (Phi) is 6.56. The molecule has 1 heterocycles. The van der Waals surface area contributed by atoms with Crippen molar-refractivity contribution in [3.8, 4) is 11.8 Å². The van der Waals surface area contributed by atoms with Crippen molar-refractivity contribution in [1.29, 1.82) is 5.26 Å². The molecule has 1 aliphatic rings. The summed E-state index contributed by atoms with van der Waals surface area (Å²) in [5.74, 6) is -0.624. The molecule has 0 N–H and O–H groups in total. The molecule has 0 saturated heterocycles. The van der Waals surface area contributed by atoms with E-state index in [1.54, 1.807) is 40.9 Å². The van der Waals surface area contributed by atoms with Crippen LogP contribution in [0.3, 0.4) is 0 Å². The molecule has 7 heteroatoms. The van der Waals surface area contributed by atoms with Crippen LogP contribution in [0.2, 0.25) is 0 Å². The lowest BCUT2D eigenvalue weighted by atomic mass is 10.2. The molecule has 1 atom stereocenters. The van der Waals surface area contributed by atoms with E-state index in [4.69, 9.17) is 14.7 Å². The third-order valence-corrected chi connectivity index (χ3v) is 5.49. The zero-order chi connectivity index (χ0) is 19.9. The molecule has 0 aromatic heterocycles. The van der Waals surface area contributed by atoms with Gasteiger partial charge in [-0.2, -0.15) is 5.26 Å². The number of ether oxygens (including phenoxy) is 2. The minimum atomic E-state index is -0.660. The Bertz CT molecular complexity index is 909. The van der Waals surface area contributed by atoms with Crippen LogP contribution < -0.4 is 9.64 Å². The lowest BCUT2D eigenvalue weighted by molar-refractivity contribution is -0.149. The average Bonchev–Trinajstić information content (AvgIpc) is 2.88. The summed E-state index contributed by atoms with van der Waals surface area (Å²) < 4.78 is 10.4. The van der Waals surface area contributed by atoms with Gasteiger partial charge in [-0.25, -0.2) is 4.79 Å². The maximum absolute atomic E-state index is 12.7. The zero-order valence-corrected chi connectivity index (χ0v) is 16.3. The molecule has 144 valence electrons. The highest BCUT2D eigenvalue weighted by atomic mass is 32.2. The Morgan fingerprint density at radius 2 is 1.93 bits per heavy atom. The lowest BCUT2D eigenvalue weighted by Gasteiger charge is -2.22. The van der Waals surface area contributed by atoms with Gasteiger partial charge in [-0.3, -0.25) is 4.79 Å². The molecule has 28 heavy (non-hydrogen) atoms. The second-order valence-corrected chi connectivity index (χ2v) is 7.77. The van der Waals surface area contributed by atoms with E-state index in [0.29, 0.717) is 23.1 Å². The molecule has 6 nitrogen and oxygen atoms in total. The number of hydrogen-bond acceptors (Lipinski definition) is 6. The molecular formula is C21H20N2O4S. The Morgan fingerprint density at radius 3 is 2.75 bits per heavy atom. The first-order valence-electron chi connectivity index (χ1n) is 8.92. The summed E-state index contributed by atoms with van der Waals surface area (Å²) in [4.78, 5) is 27.3. The number of rotatable bonds is 5. The third-order valence-electron chi connectivity index (χ3n) is 4.25. The van der Waals surface area contributed by atoms with Crippen molar-refractivity contribution in [3.05, 3.63) is 54.1 Å². The van der Waals surface area contributed by atoms with E-state index in [2.05, 4.69) is 6.92 Å². The van der Waals surface area contributed by atoms with E-state index in [0.717, 1.165) is 17.0 Å². The number of esters is 1. The van der Waals surface area contributed by atoms with Gasteiger partial charge in [0.2, 0.25) is 0 Å². The Balaban J connectivity index is 1.56. The number of thioether (sulfide) groups is 1. The summed E-state index contributed by atoms with van der Waals surface area (Å²) >= 11 is 1.74. The summed E-state index contributed by atoms with van der Waals surface area (Å²) in [6.45, 7) is 1.99. The molecule has 0 radical (unpaired) electrons. The molecule has 1 aliphatic heterocycles. The van der Waals surface area contributed by atoms with Gasteiger partial charge in [0.05, 0.1) is 11.3 Å². The summed E-state index contributed by atoms with van der Waals surface area (Å²) in [6.07, 6.45) is 0.854. The summed E-state index contributed by atoms with van der Waals surface area (Å²) in [5, 5.41) is 9.43. The van der Waals surface area contributed by atoms with Crippen molar-refractivity contribution in [2.45, 2.75) is 23.5 Å². The lowest BCUT2D eigenvalue weighted by Crippen LogP contribution is -2.36. The molecule has 2 aromatic rings. The molecular weight excluding hydrogens is 376 g/mol. The van der Waals surface area contributed by atoms with Gasteiger partial charge in [-0.15, -0.1) is 11.8 Å². The monoisotopic (exact) mass is 396 g/mol. The first-order chi connectivity index (χ1) is 13.6. The van der Waals surface area contributed by atoms with Gasteiger partial charge >= 0.3 is 5.97 Å². The molecule has 0 unspecified atom stereocenters. The minimum absolute atomic E-state index is 0.270. The van der Waals surface area contributed by atoms with Crippen LogP contribution >= 0.6 is 11.8 Å². The van der Waals surface area contributed by atoms with Crippen molar-refractivity contribution in [2.24, 2.45) is 0 Å². The van der Waals surface area contributed by atoms with Crippen molar-refractivity contribution in [3.63, 3.8) is 0 Å². The minimum Gasteiger partial charge on any atom is -0.481 e. The van der Waals surface area contributed by atoms with Gasteiger partial charge in [0, 0.05) is 16.7 Å². The molecule has 0 spiro atoms. The van der Waals surface area contributed by atoms with E-state index >= 15 is 0 Å². The second kappa shape index (κ2) is 9.29. The van der Waals surface area contributed by atoms with Crippen LogP contribution in [0.25, 0.3) is 0 Å². The fraction of sp³-hybridized carbons (Fsp3) is 0.286. The molecule has 0 bridgehead atoms. The van der Waals surface area contributed by atoms with E-state index in [9.17, 15) is 9.59 Å². The van der Waals surface area contributed by atoms with Crippen molar-refractivity contribution >= 4 is 29.3 Å². The Morgan fingerprint density at radius 1 is 1.18 bits per heavy atom. The number of nitriles is 1. The molecule has 3 rings (SSSR count). The third kappa shape index (κ3) is 4.84. The maximum atomic E-state index is 12.7. The van der Waals surface area contributed by atoms with Crippen LogP contribution in [0.1, 0.15) is 18.9 Å². The van der Waals surface area contributed by atoms with Crippen molar-refractivity contribution in [2.75, 3.05) is 24.7 Å². The maximum Gasteiger partial charge on any atom is 0.344 e. The van der Waals surface area contributed by atoms with Gasteiger partial charge in [-0.05, 0) is 30.7 Å². The number of benzene rings is 2. The Hall–Kier alpha value is -2.98. The molecule has 0 aliphatic carbocycles. The average molecular weight is 396 g/mol. The normalized spacial score (nSPS) is 15.7. The molecule has 0 fully saturated rings. The topological polar surface area (TPSA) is 79.6 Å². The van der Waals surface area contributed by atoms with Crippen LogP contribution in [0.4, 0.5) is 5.69 Å². The van der Waals surface area contributed by atoms with Gasteiger partial charge in [-0.1, -0.05) is 31.2 Å². The van der Waals surface area contributed by atoms with E-state index in [-0.39, 0.29) is 19.1 Å². The van der Waals surface area contributed by atoms with Crippen LogP contribution in [0.5, 0.6) is 5.75 Å². The number of nitrogens with zero attached hydrogens (tertiary/aromatic N) is 2. The van der Waals surface area contributed by atoms with Gasteiger partial charge in [0.1, 0.15) is 11.8 Å². The van der Waals surface area contributed by atoms with Crippen LogP contribution in [-0.4, -0.2) is 36.9 Å². The van der Waals surface area contributed by atoms with E-state index in [1.807, 2.05) is 30.3 Å². The quantitative estimate of drug-likeness (QED) is 0.721. The predicted molar refractivity (Wildman–Crippen MR) is 106 cm³/mol. The summed E-state index contributed by atoms with van der Waals surface area (Å²) in [7, 11) is 0. The standard InChI is InChI=1S/C21H20N2O4S/c1-15-10-11-23(17-7-3-5-9-19(17)28-15)20(24)13-27-21(25)14-26-18-8-4-2-6-16(18)12-22/h2-9,15H,10-11,13-14H2,1H3/t15-/m0/s1. The van der Waals surface area contributed by atoms with Crippen LogP contribution in [0.15, 0.2) is 53.4 Å². The number of amides is 1. The number of anilines is 1. The largest absolute Gasteiger partial charge is 0.481 e. The highest BCUT2D eigenvalue weighted by Gasteiger charge is 2.24. The summed E-state index contributed by atoms with van der Waals surface area (Å²) in [6, 6.07) is 16.3. The highest BCUT2D eigenvalue weighted by Crippen LogP contribution is 2.37. The number of para-hydroxylation sites is 2. The smallest absolute Gasteiger partial charge is 0.344 e. The predicted octanol–water partition coefficient (Wildman–Crippen LogP) is 3.40. The first-order valence-corrected chi connectivity index (χ1v) is 9.80. The van der Waals surface area contributed by atoms with Crippen LogP contribution in [0, 0.1) is 11.3 Å². The number of carbonyl (C=O) groups is 2.